The van der Waals surface area contributed by atoms with E-state index in [1.165, 1.54) is 49.4 Å². The van der Waals surface area contributed by atoms with Gasteiger partial charge in [0.05, 0.1) is 6.61 Å². The van der Waals surface area contributed by atoms with E-state index in [-0.39, 0.29) is 5.97 Å². The van der Waals surface area contributed by atoms with Gasteiger partial charge in [0.15, 0.2) is 11.6 Å². The highest BCUT2D eigenvalue weighted by molar-refractivity contribution is 5.65. The highest BCUT2D eigenvalue weighted by atomic mass is 19.2. The van der Waals surface area contributed by atoms with Crippen LogP contribution < -0.4 is 0 Å². The van der Waals surface area contributed by atoms with Crippen molar-refractivity contribution in [2.75, 3.05) is 6.61 Å². The fourth-order valence-corrected chi connectivity index (χ4v) is 4.63. The number of ether oxygens (including phenoxy) is 1. The van der Waals surface area contributed by atoms with Gasteiger partial charge in [-0.15, -0.1) is 0 Å². The largest absolute Gasteiger partial charge is 0.466 e. The molecule has 0 unspecified atom stereocenters. The molecular weight excluding hydrogens is 418 g/mol. The van der Waals surface area contributed by atoms with E-state index in [1.807, 2.05) is 0 Å². The number of aryl methyl sites for hydroxylation is 1. The normalized spacial score (nSPS) is 18.5. The van der Waals surface area contributed by atoms with Crippen LogP contribution in [0.15, 0.2) is 48.5 Å². The van der Waals surface area contributed by atoms with Gasteiger partial charge in [0, 0.05) is 6.92 Å². The molecule has 1 aliphatic carbocycles. The van der Waals surface area contributed by atoms with Gasteiger partial charge in [-0.3, -0.25) is 4.79 Å². The van der Waals surface area contributed by atoms with E-state index in [4.69, 9.17) is 4.74 Å². The Morgan fingerprint density at radius 3 is 2.30 bits per heavy atom. The topological polar surface area (TPSA) is 26.3 Å². The second-order valence-corrected chi connectivity index (χ2v) is 9.24. The molecule has 0 amide bonds. The van der Waals surface area contributed by atoms with Crippen LogP contribution in [-0.4, -0.2) is 12.6 Å². The highest BCUT2D eigenvalue weighted by Gasteiger charge is 2.21. The third-order valence-electron chi connectivity index (χ3n) is 6.64. The Balaban J connectivity index is 1.33. The van der Waals surface area contributed by atoms with Crippen LogP contribution in [0.1, 0.15) is 87.3 Å². The van der Waals surface area contributed by atoms with Gasteiger partial charge in [-0.05, 0) is 85.6 Å². The summed E-state index contributed by atoms with van der Waals surface area (Å²) < 4.78 is 31.6. The highest BCUT2D eigenvalue weighted by Crippen LogP contribution is 2.37. The number of unbranched alkanes of at least 4 members (excludes halogenated alkanes) is 4. The quantitative estimate of drug-likeness (QED) is 0.254. The zero-order valence-electron chi connectivity index (χ0n) is 19.7. The molecular formula is C29H36F2O2. The zero-order valence-corrected chi connectivity index (χ0v) is 19.7. The maximum absolute atomic E-state index is 13.5. The van der Waals surface area contributed by atoms with E-state index in [0.717, 1.165) is 50.5 Å². The SMILES string of the molecule is CC(=O)OCCCCCCCc1ccc(C=CC2CCC(c3ccc(F)c(F)c3)CC2)cc1. The van der Waals surface area contributed by atoms with Gasteiger partial charge in [-0.25, -0.2) is 8.78 Å². The molecule has 0 spiro atoms. The molecule has 4 heteroatoms. The Labute approximate surface area is 197 Å². The van der Waals surface area contributed by atoms with Crippen LogP contribution in [0.2, 0.25) is 0 Å². The van der Waals surface area contributed by atoms with Gasteiger partial charge in [0.1, 0.15) is 0 Å². The number of esters is 1. The van der Waals surface area contributed by atoms with Crippen LogP contribution in [-0.2, 0) is 16.0 Å². The second kappa shape index (κ2) is 13.3. The second-order valence-electron chi connectivity index (χ2n) is 9.24. The minimum atomic E-state index is -0.769. The monoisotopic (exact) mass is 454 g/mol. The maximum atomic E-state index is 13.5. The van der Waals surface area contributed by atoms with Crippen molar-refractivity contribution in [1.29, 1.82) is 0 Å². The van der Waals surface area contributed by atoms with Crippen LogP contribution >= 0.6 is 0 Å². The van der Waals surface area contributed by atoms with Crippen LogP contribution in [0.25, 0.3) is 6.08 Å². The molecule has 0 aromatic heterocycles. The molecule has 2 aromatic carbocycles. The molecule has 0 radical (unpaired) electrons. The molecule has 0 saturated heterocycles. The Morgan fingerprint density at radius 2 is 1.61 bits per heavy atom. The molecule has 0 bridgehead atoms. The molecule has 2 nitrogen and oxygen atoms in total. The molecule has 0 aliphatic heterocycles. The molecule has 1 saturated carbocycles. The minimum Gasteiger partial charge on any atom is -0.466 e. The third-order valence-corrected chi connectivity index (χ3v) is 6.64. The standard InChI is InChI=1S/C29H36F2O2/c1-22(32)33-20-6-4-2-3-5-7-23-8-10-24(11-9-23)12-13-25-14-16-26(17-15-25)27-18-19-28(30)29(31)21-27/h8-13,18-19,21,25-26H,2-7,14-17,20H2,1H3. The van der Waals surface area contributed by atoms with E-state index >= 15 is 0 Å². The number of carbonyl (C=O) groups is 1. The van der Waals surface area contributed by atoms with Crippen LogP contribution in [0.3, 0.4) is 0 Å². The number of carbonyl (C=O) groups excluding carboxylic acids is 1. The van der Waals surface area contributed by atoms with Crippen LogP contribution in [0.4, 0.5) is 8.78 Å². The Hall–Kier alpha value is -2.49. The molecule has 2 aromatic rings. The number of benzene rings is 2. The van der Waals surface area contributed by atoms with Gasteiger partial charge in [0.2, 0.25) is 0 Å². The van der Waals surface area contributed by atoms with Gasteiger partial charge in [0.25, 0.3) is 0 Å². The van der Waals surface area contributed by atoms with Gasteiger partial charge < -0.3 is 4.74 Å². The summed E-state index contributed by atoms with van der Waals surface area (Å²) in [7, 11) is 0. The number of rotatable bonds is 11. The molecule has 33 heavy (non-hydrogen) atoms. The predicted molar refractivity (Wildman–Crippen MR) is 130 cm³/mol. The van der Waals surface area contributed by atoms with Gasteiger partial charge in [-0.2, -0.15) is 0 Å². The van der Waals surface area contributed by atoms with Crippen molar-refractivity contribution >= 4 is 12.0 Å². The maximum Gasteiger partial charge on any atom is 0.302 e. The molecule has 3 rings (SSSR count). The summed E-state index contributed by atoms with van der Waals surface area (Å²) in [5.41, 5.74) is 3.53. The van der Waals surface area contributed by atoms with Crippen molar-refractivity contribution < 1.29 is 18.3 Å². The summed E-state index contributed by atoms with van der Waals surface area (Å²) in [5, 5.41) is 0. The third kappa shape index (κ3) is 8.75. The van der Waals surface area contributed by atoms with Crippen molar-refractivity contribution in [3.8, 4) is 0 Å². The lowest BCUT2D eigenvalue weighted by Crippen LogP contribution is -2.12. The lowest BCUT2D eigenvalue weighted by atomic mass is 9.78. The fourth-order valence-electron chi connectivity index (χ4n) is 4.63. The average Bonchev–Trinajstić information content (AvgIpc) is 2.82. The van der Waals surface area contributed by atoms with Crippen molar-refractivity contribution in [1.82, 2.24) is 0 Å². The summed E-state index contributed by atoms with van der Waals surface area (Å²) in [6.07, 6.45) is 15.5. The van der Waals surface area contributed by atoms with Crippen LogP contribution in [0, 0.1) is 17.6 Å². The first-order valence-electron chi connectivity index (χ1n) is 12.4. The van der Waals surface area contributed by atoms with E-state index < -0.39 is 11.6 Å². The van der Waals surface area contributed by atoms with E-state index in [0.29, 0.717) is 18.4 Å². The Kier molecular flexibility index (Phi) is 10.1. The van der Waals surface area contributed by atoms with Crippen molar-refractivity contribution in [3.63, 3.8) is 0 Å². The minimum absolute atomic E-state index is 0.194. The number of allylic oxidation sites excluding steroid dienone is 1. The smallest absolute Gasteiger partial charge is 0.302 e. The summed E-state index contributed by atoms with van der Waals surface area (Å²) in [4.78, 5) is 10.7. The zero-order chi connectivity index (χ0) is 23.5. The number of hydrogen-bond donors (Lipinski definition) is 0. The van der Waals surface area contributed by atoms with Gasteiger partial charge in [-0.1, -0.05) is 61.7 Å². The predicted octanol–water partition coefficient (Wildman–Crippen LogP) is 8.01. The van der Waals surface area contributed by atoms with Crippen molar-refractivity contribution in [2.45, 2.75) is 77.0 Å². The molecule has 0 heterocycles. The van der Waals surface area contributed by atoms with E-state index in [9.17, 15) is 13.6 Å². The lowest BCUT2D eigenvalue weighted by molar-refractivity contribution is -0.141. The van der Waals surface area contributed by atoms with Gasteiger partial charge >= 0.3 is 5.97 Å². The molecule has 0 N–H and O–H groups in total. The molecule has 1 aliphatic rings. The first-order chi connectivity index (χ1) is 16.0. The van der Waals surface area contributed by atoms with Crippen LogP contribution in [0.5, 0.6) is 0 Å². The lowest BCUT2D eigenvalue weighted by Gasteiger charge is -2.27. The summed E-state index contributed by atoms with van der Waals surface area (Å²) in [6, 6.07) is 13.2. The molecule has 1 fully saturated rings. The Bertz CT molecular complexity index is 896. The van der Waals surface area contributed by atoms with E-state index in [2.05, 4.69) is 36.4 Å². The summed E-state index contributed by atoms with van der Waals surface area (Å²) in [6.45, 7) is 1.99. The number of hydrogen-bond acceptors (Lipinski definition) is 2. The average molecular weight is 455 g/mol. The number of halogens is 2. The summed E-state index contributed by atoms with van der Waals surface area (Å²) in [5.74, 6) is -0.825. The molecule has 178 valence electrons. The van der Waals surface area contributed by atoms with Crippen molar-refractivity contribution in [3.05, 3.63) is 76.9 Å². The van der Waals surface area contributed by atoms with Crippen molar-refractivity contribution in [2.24, 2.45) is 5.92 Å². The Morgan fingerprint density at radius 1 is 0.909 bits per heavy atom. The molecule has 0 atom stereocenters. The first-order valence-corrected chi connectivity index (χ1v) is 12.4. The van der Waals surface area contributed by atoms with E-state index in [1.54, 1.807) is 6.07 Å². The summed E-state index contributed by atoms with van der Waals surface area (Å²) >= 11 is 0. The fraction of sp³-hybridized carbons (Fsp3) is 0.483. The first kappa shape index (κ1) is 25.1.